The predicted octanol–water partition coefficient (Wildman–Crippen LogP) is 6.51. The van der Waals surface area contributed by atoms with Crippen molar-refractivity contribution in [3.63, 3.8) is 0 Å². The summed E-state index contributed by atoms with van der Waals surface area (Å²) >= 11 is 4.55. The van der Waals surface area contributed by atoms with E-state index < -0.39 is 0 Å². The average molecular weight is 463 g/mol. The normalized spacial score (nSPS) is 12.2. The quantitative estimate of drug-likeness (QED) is 0.341. The number of anilines is 4. The summed E-state index contributed by atoms with van der Waals surface area (Å²) in [6.07, 6.45) is 0. The van der Waals surface area contributed by atoms with Crippen molar-refractivity contribution in [1.29, 1.82) is 0 Å². The summed E-state index contributed by atoms with van der Waals surface area (Å²) in [4.78, 5) is 17.3. The van der Waals surface area contributed by atoms with Crippen LogP contribution in [0, 0.1) is 6.92 Å². The fraction of sp³-hybridized carbons (Fsp3) is 0.0870. The predicted molar refractivity (Wildman–Crippen MR) is 129 cm³/mol. The van der Waals surface area contributed by atoms with Gasteiger partial charge in [-0.1, -0.05) is 76.8 Å². The zero-order valence-corrected chi connectivity index (χ0v) is 19.1. The minimum atomic E-state index is 0.0217. The Hall–Kier alpha value is -2.81. The largest absolute Gasteiger partial charge is 0.330 e. The highest BCUT2D eigenvalue weighted by atomic mass is 32.2. The Morgan fingerprint density at radius 2 is 1.58 bits per heavy atom. The molecule has 8 heteroatoms. The molecule has 0 atom stereocenters. The first-order chi connectivity index (χ1) is 15.2. The van der Waals surface area contributed by atoms with Gasteiger partial charge in [0.25, 0.3) is 0 Å². The van der Waals surface area contributed by atoms with Crippen molar-refractivity contribution in [2.75, 3.05) is 16.0 Å². The van der Waals surface area contributed by atoms with E-state index >= 15 is 0 Å². The first kappa shape index (κ1) is 20.1. The molecule has 3 aromatic carbocycles. The van der Waals surface area contributed by atoms with E-state index in [4.69, 9.17) is 0 Å². The Labute approximate surface area is 192 Å². The molecule has 154 valence electrons. The van der Waals surface area contributed by atoms with Crippen LogP contribution in [0.15, 0.2) is 86.9 Å². The Balaban J connectivity index is 1.30. The summed E-state index contributed by atoms with van der Waals surface area (Å²) in [7, 11) is 0. The summed E-state index contributed by atoms with van der Waals surface area (Å²) < 4.78 is 0.760. The van der Waals surface area contributed by atoms with Gasteiger partial charge in [0, 0.05) is 15.5 Å². The summed E-state index contributed by atoms with van der Waals surface area (Å²) in [5.41, 5.74) is 4.02. The smallest absolute Gasteiger partial charge is 0.242 e. The van der Waals surface area contributed by atoms with Crippen molar-refractivity contribution in [1.82, 2.24) is 10.2 Å². The maximum absolute atomic E-state index is 13.3. The lowest BCUT2D eigenvalue weighted by Crippen LogP contribution is -2.29. The molecule has 0 radical (unpaired) electrons. The van der Waals surface area contributed by atoms with E-state index in [2.05, 4.69) is 34.6 Å². The first-order valence-electron chi connectivity index (χ1n) is 9.66. The van der Waals surface area contributed by atoms with Crippen molar-refractivity contribution < 1.29 is 4.79 Å². The molecule has 1 amide bonds. The molecule has 1 N–H and O–H groups in total. The monoisotopic (exact) mass is 462 g/mol. The van der Waals surface area contributed by atoms with E-state index in [1.807, 2.05) is 65.6 Å². The van der Waals surface area contributed by atoms with E-state index in [1.54, 1.807) is 11.8 Å². The minimum absolute atomic E-state index is 0.0217. The van der Waals surface area contributed by atoms with Gasteiger partial charge in [-0.3, -0.25) is 9.69 Å². The molecule has 0 bridgehead atoms. The molecule has 0 saturated heterocycles. The standard InChI is InChI=1S/C23H18N4OS3/c1-15-10-12-16(13-11-15)24-22-25-26-23(31-22)29-14-21(28)27-17-6-2-4-8-19(17)30-20-9-5-3-7-18(20)27/h2-13H,14H2,1H3,(H,24,25). The van der Waals surface area contributed by atoms with Gasteiger partial charge in [-0.25, -0.2) is 0 Å². The molecule has 0 fully saturated rings. The summed E-state index contributed by atoms with van der Waals surface area (Å²) in [6.45, 7) is 2.05. The molecule has 1 aromatic heterocycles. The third kappa shape index (κ3) is 4.32. The van der Waals surface area contributed by atoms with Crippen LogP contribution in [-0.4, -0.2) is 21.9 Å². The van der Waals surface area contributed by atoms with Crippen LogP contribution in [0.25, 0.3) is 0 Å². The lowest BCUT2D eigenvalue weighted by atomic mass is 10.2. The molecule has 4 aromatic rings. The lowest BCUT2D eigenvalue weighted by Gasteiger charge is -2.30. The number of nitrogens with one attached hydrogen (secondary N) is 1. The topological polar surface area (TPSA) is 58.1 Å². The van der Waals surface area contributed by atoms with Gasteiger partial charge >= 0.3 is 0 Å². The van der Waals surface area contributed by atoms with Crippen molar-refractivity contribution in [3.05, 3.63) is 78.4 Å². The van der Waals surface area contributed by atoms with Crippen LogP contribution < -0.4 is 10.2 Å². The molecule has 5 rings (SSSR count). The number of benzene rings is 3. The van der Waals surface area contributed by atoms with Crippen LogP contribution in [0.5, 0.6) is 0 Å². The number of para-hydroxylation sites is 2. The lowest BCUT2D eigenvalue weighted by molar-refractivity contribution is -0.115. The maximum Gasteiger partial charge on any atom is 0.242 e. The number of thioether (sulfide) groups is 1. The van der Waals surface area contributed by atoms with E-state index in [1.165, 1.54) is 28.7 Å². The molecule has 0 spiro atoms. The van der Waals surface area contributed by atoms with Crippen molar-refractivity contribution >= 4 is 63.0 Å². The van der Waals surface area contributed by atoms with Crippen LogP contribution in [0.1, 0.15) is 5.56 Å². The Morgan fingerprint density at radius 1 is 0.935 bits per heavy atom. The molecule has 0 unspecified atom stereocenters. The van der Waals surface area contributed by atoms with Crippen LogP contribution >= 0.6 is 34.9 Å². The zero-order chi connectivity index (χ0) is 21.2. The highest BCUT2D eigenvalue weighted by Crippen LogP contribution is 2.48. The van der Waals surface area contributed by atoms with Crippen molar-refractivity contribution in [2.45, 2.75) is 21.1 Å². The van der Waals surface area contributed by atoms with Crippen LogP contribution in [0.3, 0.4) is 0 Å². The number of carbonyl (C=O) groups excluding carboxylic acids is 1. The number of carbonyl (C=O) groups is 1. The van der Waals surface area contributed by atoms with Gasteiger partial charge in [0.2, 0.25) is 11.0 Å². The van der Waals surface area contributed by atoms with Crippen LogP contribution in [-0.2, 0) is 4.79 Å². The number of fused-ring (bicyclic) bond motifs is 2. The van der Waals surface area contributed by atoms with E-state index in [-0.39, 0.29) is 11.7 Å². The number of hydrogen-bond donors (Lipinski definition) is 1. The number of amides is 1. The number of nitrogens with zero attached hydrogens (tertiary/aromatic N) is 3. The molecular formula is C23H18N4OS3. The highest BCUT2D eigenvalue weighted by molar-refractivity contribution is 8.01. The second kappa shape index (κ2) is 8.74. The molecule has 31 heavy (non-hydrogen) atoms. The number of aromatic nitrogens is 2. The third-order valence-corrected chi connectivity index (χ3v) is 7.80. The summed E-state index contributed by atoms with van der Waals surface area (Å²) in [6, 6.07) is 24.1. The van der Waals surface area contributed by atoms with E-state index in [0.717, 1.165) is 31.2 Å². The van der Waals surface area contributed by atoms with Gasteiger partial charge < -0.3 is 5.32 Å². The van der Waals surface area contributed by atoms with E-state index in [0.29, 0.717) is 5.13 Å². The SMILES string of the molecule is Cc1ccc(Nc2nnc(SCC(=O)N3c4ccccc4Sc4ccccc43)s2)cc1. The fourth-order valence-electron chi connectivity index (χ4n) is 3.24. The average Bonchev–Trinajstić information content (AvgIpc) is 3.24. The van der Waals surface area contributed by atoms with Gasteiger partial charge in [-0.2, -0.15) is 0 Å². The molecule has 0 saturated carbocycles. The zero-order valence-electron chi connectivity index (χ0n) is 16.6. The number of aryl methyl sites for hydroxylation is 1. The molecular weight excluding hydrogens is 444 g/mol. The molecule has 0 aliphatic carbocycles. The first-order valence-corrected chi connectivity index (χ1v) is 12.3. The van der Waals surface area contributed by atoms with Gasteiger partial charge in [-0.15, -0.1) is 10.2 Å². The van der Waals surface area contributed by atoms with Gasteiger partial charge in [0.1, 0.15) is 0 Å². The number of hydrogen-bond acceptors (Lipinski definition) is 7. The van der Waals surface area contributed by atoms with Crippen LogP contribution in [0.4, 0.5) is 22.2 Å². The molecule has 2 heterocycles. The Morgan fingerprint density at radius 3 is 2.26 bits per heavy atom. The van der Waals surface area contributed by atoms with Crippen LogP contribution in [0.2, 0.25) is 0 Å². The van der Waals surface area contributed by atoms with E-state index in [9.17, 15) is 4.79 Å². The van der Waals surface area contributed by atoms with Crippen molar-refractivity contribution in [2.24, 2.45) is 0 Å². The molecule has 1 aliphatic heterocycles. The number of rotatable bonds is 5. The molecule has 5 nitrogen and oxygen atoms in total. The second-order valence-corrected chi connectivity index (χ2v) is 10.2. The third-order valence-electron chi connectivity index (χ3n) is 4.71. The highest BCUT2D eigenvalue weighted by Gasteiger charge is 2.27. The minimum Gasteiger partial charge on any atom is -0.330 e. The van der Waals surface area contributed by atoms with Gasteiger partial charge in [0.15, 0.2) is 4.34 Å². The van der Waals surface area contributed by atoms with Gasteiger partial charge in [-0.05, 0) is 43.3 Å². The second-order valence-electron chi connectivity index (χ2n) is 6.92. The fourth-order valence-corrected chi connectivity index (χ4v) is 5.92. The Bertz CT molecular complexity index is 1190. The maximum atomic E-state index is 13.3. The van der Waals surface area contributed by atoms with Crippen molar-refractivity contribution in [3.8, 4) is 0 Å². The summed E-state index contributed by atoms with van der Waals surface area (Å²) in [5.74, 6) is 0.306. The van der Waals surface area contributed by atoms with Gasteiger partial charge in [0.05, 0.1) is 17.1 Å². The summed E-state index contributed by atoms with van der Waals surface area (Å²) in [5, 5.41) is 12.4. The molecule has 1 aliphatic rings. The Kier molecular flexibility index (Phi) is 5.67.